The fourth-order valence-electron chi connectivity index (χ4n) is 7.77. The number of amides is 4. The highest BCUT2D eigenvalue weighted by Gasteiger charge is 2.39. The molecule has 0 bridgehead atoms. The van der Waals surface area contributed by atoms with Gasteiger partial charge in [0.25, 0.3) is 0 Å². The van der Waals surface area contributed by atoms with Crippen LogP contribution in [0.25, 0.3) is 33.2 Å². The summed E-state index contributed by atoms with van der Waals surface area (Å²) in [4.78, 5) is 80.7. The molecule has 0 unspecified atom stereocenters. The summed E-state index contributed by atoms with van der Waals surface area (Å²) in [6, 6.07) is 13.9. The van der Waals surface area contributed by atoms with E-state index in [1.807, 2.05) is 70.2 Å². The molecule has 4 atom stereocenters. The fourth-order valence-corrected chi connectivity index (χ4v) is 7.77. The molecule has 2 fully saturated rings. The van der Waals surface area contributed by atoms with Gasteiger partial charge in [-0.25, -0.2) is 14.6 Å². The van der Waals surface area contributed by atoms with Gasteiger partial charge in [0.15, 0.2) is 5.78 Å². The molecular weight excluding hydrogens is 715 g/mol. The zero-order chi connectivity index (χ0) is 40.1. The average molecular weight is 766 g/mol. The first kappa shape index (κ1) is 39.9. The molecule has 4 heterocycles. The van der Waals surface area contributed by atoms with Gasteiger partial charge in [0.2, 0.25) is 11.8 Å². The standard InChI is InChI=1S/C42H51N7O7/c1-24(2)36(46-41(53)55-5)39(51)48-19-7-9-33(48)35(50)22-31-30-16-15-28(21-29(30)17-18-43-31)26-11-13-27(14-12-26)32-23-44-38(45-32)34-10-8-20-49(34)40(52)37(25(3)4)47-42(54)56-6/h11-18,21,23-25,33-34,36-37H,7-10,19-20,22H2,1-6H3,(H,44,45)(H,46,53)(H,47,54)/t33-,34-,36-,37-/m0/s1. The third kappa shape index (κ3) is 8.53. The number of aromatic nitrogens is 3. The number of methoxy groups -OCH3 is 2. The lowest BCUT2D eigenvalue weighted by Crippen LogP contribution is -2.54. The van der Waals surface area contributed by atoms with Crippen molar-refractivity contribution in [3.63, 3.8) is 0 Å². The number of benzene rings is 2. The Morgan fingerprint density at radius 2 is 1.36 bits per heavy atom. The van der Waals surface area contributed by atoms with E-state index in [1.54, 1.807) is 22.2 Å². The van der Waals surface area contributed by atoms with Gasteiger partial charge in [0.1, 0.15) is 17.9 Å². The summed E-state index contributed by atoms with van der Waals surface area (Å²) >= 11 is 0. The summed E-state index contributed by atoms with van der Waals surface area (Å²) in [5, 5.41) is 7.13. The first-order chi connectivity index (χ1) is 26.9. The van der Waals surface area contributed by atoms with Crippen molar-refractivity contribution in [2.24, 2.45) is 11.8 Å². The molecule has 0 spiro atoms. The molecule has 14 heteroatoms. The van der Waals surface area contributed by atoms with Crippen molar-refractivity contribution >= 4 is 40.6 Å². The number of imidazole rings is 1. The summed E-state index contributed by atoms with van der Waals surface area (Å²) in [6.45, 7) is 8.50. The molecular formula is C42H51N7O7. The molecule has 3 N–H and O–H groups in total. The molecule has 2 saturated heterocycles. The molecule has 296 valence electrons. The van der Waals surface area contributed by atoms with Crippen LogP contribution in [0.3, 0.4) is 0 Å². The van der Waals surface area contributed by atoms with Gasteiger partial charge in [-0.2, -0.15) is 0 Å². The Morgan fingerprint density at radius 3 is 2.00 bits per heavy atom. The highest BCUT2D eigenvalue weighted by atomic mass is 16.5. The first-order valence-corrected chi connectivity index (χ1v) is 19.3. The summed E-state index contributed by atoms with van der Waals surface area (Å²) in [5.41, 5.74) is 4.44. The number of likely N-dealkylation sites (tertiary alicyclic amines) is 2. The normalized spacial score (nSPS) is 17.9. The van der Waals surface area contributed by atoms with Crippen LogP contribution in [0.2, 0.25) is 0 Å². The number of rotatable bonds is 12. The van der Waals surface area contributed by atoms with Crippen LogP contribution in [0.4, 0.5) is 9.59 Å². The van der Waals surface area contributed by atoms with Crippen LogP contribution >= 0.6 is 0 Å². The average Bonchev–Trinajstić information content (AvgIpc) is 4.00. The molecule has 56 heavy (non-hydrogen) atoms. The van der Waals surface area contributed by atoms with Crippen LogP contribution in [-0.2, 0) is 30.3 Å². The van der Waals surface area contributed by atoms with Crippen molar-refractivity contribution in [3.05, 3.63) is 72.4 Å². The summed E-state index contributed by atoms with van der Waals surface area (Å²) < 4.78 is 9.48. The first-order valence-electron chi connectivity index (χ1n) is 19.3. The van der Waals surface area contributed by atoms with E-state index >= 15 is 0 Å². The van der Waals surface area contributed by atoms with Crippen molar-refractivity contribution in [1.82, 2.24) is 35.4 Å². The summed E-state index contributed by atoms with van der Waals surface area (Å²) in [6.07, 6.45) is 5.12. The van der Waals surface area contributed by atoms with Crippen LogP contribution in [-0.4, -0.2) is 100.0 Å². The number of fused-ring (bicyclic) bond motifs is 1. The van der Waals surface area contributed by atoms with Gasteiger partial charge in [-0.05, 0) is 71.7 Å². The molecule has 2 aliphatic rings. The van der Waals surface area contributed by atoms with Gasteiger partial charge in [-0.1, -0.05) is 64.1 Å². The smallest absolute Gasteiger partial charge is 0.407 e. The zero-order valence-electron chi connectivity index (χ0n) is 32.8. The van der Waals surface area contributed by atoms with E-state index in [0.717, 1.165) is 46.0 Å². The molecule has 14 nitrogen and oxygen atoms in total. The van der Waals surface area contributed by atoms with E-state index in [4.69, 9.17) is 9.47 Å². The highest BCUT2D eigenvalue weighted by molar-refractivity contribution is 5.96. The molecule has 0 aliphatic carbocycles. The van der Waals surface area contributed by atoms with E-state index in [1.165, 1.54) is 14.2 Å². The number of carbonyl (C=O) groups is 5. The molecule has 4 amide bonds. The predicted molar refractivity (Wildman–Crippen MR) is 210 cm³/mol. The van der Waals surface area contributed by atoms with Crippen molar-refractivity contribution < 1.29 is 33.4 Å². The van der Waals surface area contributed by atoms with Gasteiger partial charge in [-0.15, -0.1) is 0 Å². The third-order valence-corrected chi connectivity index (χ3v) is 10.9. The van der Waals surface area contributed by atoms with E-state index in [9.17, 15) is 24.0 Å². The zero-order valence-corrected chi connectivity index (χ0v) is 32.8. The number of pyridine rings is 1. The molecule has 6 rings (SSSR count). The SMILES string of the molecule is COC(=O)N[C@H](C(=O)N1CCC[C@H]1C(=O)Cc1nccc2cc(-c3ccc(-c4cnc([C@@H]5CCCN5C(=O)[C@@H](NC(=O)OC)C(C)C)[nH]4)cc3)ccc12)C(C)C. The lowest BCUT2D eigenvalue weighted by molar-refractivity contribution is -0.139. The minimum atomic E-state index is -0.794. The molecule has 0 saturated carbocycles. The van der Waals surface area contributed by atoms with Crippen LogP contribution in [0.1, 0.15) is 70.9 Å². The Hall–Kier alpha value is -5.79. The number of ether oxygens (including phenoxy) is 2. The number of carbonyl (C=O) groups excluding carboxylic acids is 5. The van der Waals surface area contributed by atoms with E-state index in [-0.39, 0.29) is 41.9 Å². The highest BCUT2D eigenvalue weighted by Crippen LogP contribution is 2.34. The molecule has 2 aromatic carbocycles. The number of H-pyrrole nitrogens is 1. The number of hydrogen-bond donors (Lipinski definition) is 3. The summed E-state index contributed by atoms with van der Waals surface area (Å²) in [7, 11) is 2.54. The van der Waals surface area contributed by atoms with Crippen molar-refractivity contribution in [3.8, 4) is 22.4 Å². The Morgan fingerprint density at radius 1 is 0.768 bits per heavy atom. The third-order valence-electron chi connectivity index (χ3n) is 10.9. The number of nitrogens with one attached hydrogen (secondary N) is 3. The van der Waals surface area contributed by atoms with Crippen molar-refractivity contribution in [2.75, 3.05) is 27.3 Å². The second kappa shape index (κ2) is 17.3. The second-order valence-electron chi connectivity index (χ2n) is 15.2. The van der Waals surface area contributed by atoms with Gasteiger partial charge in [0, 0.05) is 24.7 Å². The van der Waals surface area contributed by atoms with E-state index in [0.29, 0.717) is 37.4 Å². The Kier molecular flexibility index (Phi) is 12.4. The van der Waals surface area contributed by atoms with Gasteiger partial charge in [-0.3, -0.25) is 19.4 Å². The number of hydrogen-bond acceptors (Lipinski definition) is 9. The van der Waals surface area contributed by atoms with Crippen LogP contribution in [0.15, 0.2) is 60.9 Å². The molecule has 0 radical (unpaired) electrons. The molecule has 2 aromatic heterocycles. The van der Waals surface area contributed by atoms with Gasteiger partial charge < -0.3 is 34.9 Å². The van der Waals surface area contributed by atoms with Gasteiger partial charge in [0.05, 0.1) is 50.3 Å². The van der Waals surface area contributed by atoms with Crippen molar-refractivity contribution in [2.45, 2.75) is 84.0 Å². The second-order valence-corrected chi connectivity index (χ2v) is 15.2. The predicted octanol–water partition coefficient (Wildman–Crippen LogP) is 5.82. The Labute approximate surface area is 326 Å². The maximum absolute atomic E-state index is 13.7. The topological polar surface area (TPSA) is 176 Å². The van der Waals surface area contributed by atoms with E-state index in [2.05, 4.69) is 31.7 Å². The Balaban J connectivity index is 1.14. The van der Waals surface area contributed by atoms with Gasteiger partial charge >= 0.3 is 12.2 Å². The molecule has 4 aromatic rings. The summed E-state index contributed by atoms with van der Waals surface area (Å²) in [5.74, 6) is -0.117. The maximum atomic E-state index is 13.7. The lowest BCUT2D eigenvalue weighted by atomic mass is 9.97. The lowest BCUT2D eigenvalue weighted by Gasteiger charge is -2.30. The number of Topliss-reactive ketones (excluding diaryl/α,β-unsaturated/α-hetero) is 1. The van der Waals surface area contributed by atoms with Crippen LogP contribution in [0.5, 0.6) is 0 Å². The number of nitrogens with zero attached hydrogens (tertiary/aromatic N) is 4. The van der Waals surface area contributed by atoms with Crippen molar-refractivity contribution in [1.29, 1.82) is 0 Å². The maximum Gasteiger partial charge on any atom is 0.407 e. The largest absolute Gasteiger partial charge is 0.453 e. The minimum absolute atomic E-state index is 0.0816. The number of aromatic amines is 1. The quantitative estimate of drug-likeness (QED) is 0.161. The number of alkyl carbamates (subject to hydrolysis) is 2. The fraction of sp³-hybridized carbons (Fsp3) is 0.452. The number of ketones is 1. The Bertz CT molecular complexity index is 2080. The monoisotopic (exact) mass is 765 g/mol. The van der Waals surface area contributed by atoms with E-state index < -0.39 is 30.3 Å². The van der Waals surface area contributed by atoms with Crippen LogP contribution in [0, 0.1) is 11.8 Å². The minimum Gasteiger partial charge on any atom is -0.453 e. The molecule has 2 aliphatic heterocycles. The van der Waals surface area contributed by atoms with Crippen LogP contribution < -0.4 is 10.6 Å².